The van der Waals surface area contributed by atoms with Crippen LogP contribution >= 0.6 is 0 Å². The van der Waals surface area contributed by atoms with Crippen LogP contribution in [0.1, 0.15) is 15.9 Å². The predicted molar refractivity (Wildman–Crippen MR) is 120 cm³/mol. The number of aliphatic carboxylic acids is 2. The van der Waals surface area contributed by atoms with E-state index < -0.39 is 30.2 Å². The fourth-order valence-electron chi connectivity index (χ4n) is 2.82. The van der Waals surface area contributed by atoms with Crippen molar-refractivity contribution < 1.29 is 61.2 Å². The molecule has 1 amide bonds. The van der Waals surface area contributed by atoms with Crippen molar-refractivity contribution in [1.82, 2.24) is 9.78 Å². The van der Waals surface area contributed by atoms with Gasteiger partial charge in [-0.15, -0.1) is 0 Å². The molecule has 5 N–H and O–H groups in total. The van der Waals surface area contributed by atoms with Gasteiger partial charge in [-0.3, -0.25) is 4.79 Å². The Balaban J connectivity index is 0.000000449. The number of nitrogens with zero attached hydrogens (tertiary/aromatic N) is 2. The summed E-state index contributed by atoms with van der Waals surface area (Å²) in [5.74, 6) is -6.47. The molecule has 0 aliphatic heterocycles. The lowest BCUT2D eigenvalue weighted by Crippen LogP contribution is -3.09. The van der Waals surface area contributed by atoms with E-state index in [1.807, 2.05) is 18.3 Å². The molecule has 0 aliphatic rings. The molecule has 3 aromatic rings. The van der Waals surface area contributed by atoms with Crippen molar-refractivity contribution in [3.05, 3.63) is 59.8 Å². The Morgan fingerprint density at radius 1 is 0.949 bits per heavy atom. The lowest BCUT2D eigenvalue weighted by Gasteiger charge is -2.07. The molecule has 1 heterocycles. The zero-order valence-corrected chi connectivity index (χ0v) is 20.6. The van der Waals surface area contributed by atoms with Crippen LogP contribution < -0.4 is 26.2 Å². The third kappa shape index (κ3) is 11.4. The van der Waals surface area contributed by atoms with Crippen LogP contribution in [0, 0.1) is 0 Å². The number of amides is 1. The first-order valence-corrected chi connectivity index (χ1v) is 11.0. The molecule has 0 radical (unpaired) electrons. The molecular formula is C23H25F6N5O5. The number of fused-ring (bicyclic) bond motifs is 1. The molecule has 0 fully saturated rings. The lowest BCUT2D eigenvalue weighted by atomic mass is 10.1. The highest BCUT2D eigenvalue weighted by Crippen LogP contribution is 2.19. The summed E-state index contributed by atoms with van der Waals surface area (Å²) in [6.45, 7) is 3.24. The van der Waals surface area contributed by atoms with Gasteiger partial charge in [0.1, 0.15) is 37.1 Å². The molecule has 10 nitrogen and oxygen atoms in total. The number of carbonyl (C=O) groups excluding carboxylic acids is 3. The Hall–Kier alpha value is -4.18. The Labute approximate surface area is 217 Å². The summed E-state index contributed by atoms with van der Waals surface area (Å²) in [4.78, 5) is 30.6. The van der Waals surface area contributed by atoms with E-state index in [-0.39, 0.29) is 0 Å². The average Bonchev–Trinajstić information content (AvgIpc) is 3.26. The van der Waals surface area contributed by atoms with E-state index in [0.29, 0.717) is 11.1 Å². The summed E-state index contributed by atoms with van der Waals surface area (Å²) >= 11 is 0. The normalized spacial score (nSPS) is 11.3. The van der Waals surface area contributed by atoms with Crippen LogP contribution in [-0.4, -0.2) is 67.2 Å². The van der Waals surface area contributed by atoms with Gasteiger partial charge in [0.2, 0.25) is 0 Å². The number of hydrogen-bond donors (Lipinski definition) is 3. The number of carboxylic acid groups (broad SMARTS) is 2. The van der Waals surface area contributed by atoms with Gasteiger partial charge in [0.15, 0.2) is 0 Å². The van der Waals surface area contributed by atoms with Gasteiger partial charge in [-0.1, -0.05) is 24.3 Å². The highest BCUT2D eigenvalue weighted by molar-refractivity contribution is 6.04. The monoisotopic (exact) mass is 565 g/mol. The summed E-state index contributed by atoms with van der Waals surface area (Å²) < 4.78 is 64.9. The number of likely N-dealkylation sites (N-methyl/N-ethyl adjacent to an activating group) is 1. The van der Waals surface area contributed by atoms with Gasteiger partial charge in [-0.2, -0.15) is 31.4 Å². The zero-order valence-electron chi connectivity index (χ0n) is 20.6. The maximum Gasteiger partial charge on any atom is 0.430 e. The van der Waals surface area contributed by atoms with Gasteiger partial charge in [0, 0.05) is 17.1 Å². The first kappa shape index (κ1) is 32.8. The minimum Gasteiger partial charge on any atom is -0.542 e. The molecule has 2 aromatic carbocycles. The molecule has 0 unspecified atom stereocenters. The Kier molecular flexibility index (Phi) is 11.9. The molecular weight excluding hydrogens is 540 g/mol. The smallest absolute Gasteiger partial charge is 0.430 e. The van der Waals surface area contributed by atoms with E-state index in [1.165, 1.54) is 10.5 Å². The molecule has 0 spiro atoms. The van der Waals surface area contributed by atoms with Gasteiger partial charge in [0.25, 0.3) is 5.91 Å². The van der Waals surface area contributed by atoms with E-state index in [1.54, 1.807) is 10.7 Å². The van der Waals surface area contributed by atoms with Crippen molar-refractivity contribution in [2.75, 3.05) is 27.2 Å². The highest BCUT2D eigenvalue weighted by Gasteiger charge is 2.29. The lowest BCUT2D eigenvalue weighted by molar-refractivity contribution is -0.875. The van der Waals surface area contributed by atoms with E-state index in [9.17, 15) is 31.1 Å². The minimum absolute atomic E-state index is 0.450. The number of benzene rings is 2. The molecule has 0 aliphatic carbocycles. The van der Waals surface area contributed by atoms with Crippen molar-refractivity contribution >= 4 is 28.7 Å². The van der Waals surface area contributed by atoms with Gasteiger partial charge < -0.3 is 35.8 Å². The van der Waals surface area contributed by atoms with E-state index in [0.717, 1.165) is 30.7 Å². The minimum atomic E-state index is -5.19. The number of alkyl halides is 6. The van der Waals surface area contributed by atoms with E-state index in [2.05, 4.69) is 48.8 Å². The summed E-state index contributed by atoms with van der Waals surface area (Å²) in [6, 6.07) is 13.8. The van der Waals surface area contributed by atoms with Gasteiger partial charge in [-0.25, -0.2) is 4.68 Å². The average molecular weight is 565 g/mol. The number of primary amides is 1. The number of halogens is 6. The largest absolute Gasteiger partial charge is 0.542 e. The molecule has 214 valence electrons. The van der Waals surface area contributed by atoms with Crippen LogP contribution in [0.25, 0.3) is 16.6 Å². The van der Waals surface area contributed by atoms with Crippen molar-refractivity contribution in [3.8, 4) is 5.69 Å². The second kappa shape index (κ2) is 14.1. The Morgan fingerprint density at radius 3 is 1.90 bits per heavy atom. The quantitative estimate of drug-likeness (QED) is 0.220. The Bertz CT molecular complexity index is 1230. The second-order valence-corrected chi connectivity index (χ2v) is 8.16. The van der Waals surface area contributed by atoms with Crippen LogP contribution in [0.15, 0.2) is 48.7 Å². The molecule has 3 rings (SSSR count). The third-order valence-electron chi connectivity index (χ3n) is 4.69. The molecule has 0 atom stereocenters. The highest BCUT2D eigenvalue weighted by atomic mass is 19.4. The number of hydrogen-bond acceptors (Lipinski definition) is 6. The molecule has 1 aromatic heterocycles. The SMILES string of the molecule is C[NH+](C)CC[NH2+]Cc1ccc(-n2cc3cccc(C(N)=O)c3n2)cc1.O=C([O-])C(F)(F)F.O=C([O-])C(F)(F)F. The van der Waals surface area contributed by atoms with E-state index >= 15 is 0 Å². The predicted octanol–water partition coefficient (Wildman–Crippen LogP) is -2.07. The standard InChI is InChI=1S/C19H23N5O.2C2HF3O2/c1-23(2)11-10-21-12-14-6-8-16(9-7-14)24-13-15-4-3-5-17(19(20)25)18(15)22-24;2*3-2(4,5)1(6)7/h3-9,13,21H,10-12H2,1-2H3,(H2,20,25);2*(H,6,7). The summed E-state index contributed by atoms with van der Waals surface area (Å²) in [6.07, 6.45) is -8.47. The molecule has 0 saturated heterocycles. The number of rotatable bonds is 7. The number of nitrogens with one attached hydrogen (secondary N) is 1. The van der Waals surface area contributed by atoms with Crippen molar-refractivity contribution in [2.45, 2.75) is 18.9 Å². The number of nitrogens with two attached hydrogens (primary N) is 2. The summed E-state index contributed by atoms with van der Waals surface area (Å²) in [5.41, 5.74) is 8.77. The van der Waals surface area contributed by atoms with Crippen LogP contribution in [-0.2, 0) is 16.1 Å². The fraction of sp³-hybridized carbons (Fsp3) is 0.304. The topological polar surface area (TPSA) is 162 Å². The van der Waals surface area contributed by atoms with Crippen LogP contribution in [0.5, 0.6) is 0 Å². The van der Waals surface area contributed by atoms with Gasteiger partial charge in [-0.05, 0) is 18.2 Å². The molecule has 16 heteroatoms. The fourth-order valence-corrected chi connectivity index (χ4v) is 2.82. The number of quaternary nitrogens is 2. The summed E-state index contributed by atoms with van der Waals surface area (Å²) in [5, 5.41) is 25.3. The first-order valence-electron chi connectivity index (χ1n) is 11.0. The molecule has 0 bridgehead atoms. The van der Waals surface area contributed by atoms with Gasteiger partial charge in [0.05, 0.1) is 25.3 Å². The maximum atomic E-state index is 11.5. The molecule has 39 heavy (non-hydrogen) atoms. The first-order chi connectivity index (χ1) is 17.9. The van der Waals surface area contributed by atoms with Crippen molar-refractivity contribution in [1.29, 1.82) is 0 Å². The van der Waals surface area contributed by atoms with Crippen molar-refractivity contribution in [2.24, 2.45) is 5.73 Å². The number of carboxylic acids is 2. The second-order valence-electron chi connectivity index (χ2n) is 8.16. The Morgan fingerprint density at radius 2 is 1.46 bits per heavy atom. The van der Waals surface area contributed by atoms with Gasteiger partial charge >= 0.3 is 12.4 Å². The van der Waals surface area contributed by atoms with E-state index in [4.69, 9.17) is 25.5 Å². The maximum absolute atomic E-state index is 11.5. The van der Waals surface area contributed by atoms with Crippen molar-refractivity contribution in [3.63, 3.8) is 0 Å². The van der Waals surface area contributed by atoms with Crippen LogP contribution in [0.3, 0.4) is 0 Å². The third-order valence-corrected chi connectivity index (χ3v) is 4.69. The number of carbonyl (C=O) groups is 3. The summed E-state index contributed by atoms with van der Waals surface area (Å²) in [7, 11) is 4.33. The van der Waals surface area contributed by atoms with Crippen LogP contribution in [0.4, 0.5) is 26.3 Å². The zero-order chi connectivity index (χ0) is 30.0. The van der Waals surface area contributed by atoms with Crippen LogP contribution in [0.2, 0.25) is 0 Å². The number of aromatic nitrogens is 2. The molecule has 0 saturated carbocycles.